The van der Waals surface area contributed by atoms with Gasteiger partial charge in [-0.25, -0.2) is 0 Å². The first kappa shape index (κ1) is 14.2. The van der Waals surface area contributed by atoms with Gasteiger partial charge in [-0.15, -0.1) is 0 Å². The Hall–Kier alpha value is -0.360. The molecular weight excluding hydrogens is 200 g/mol. The Labute approximate surface area is 79.7 Å². The molecule has 2 N–H and O–H groups in total. The number of hydrogen-bond acceptors (Lipinski definition) is 4. The van der Waals surface area contributed by atoms with Crippen LogP contribution in [0.25, 0.3) is 0 Å². The molecule has 0 fully saturated rings. The van der Waals surface area contributed by atoms with Crippen molar-refractivity contribution in [3.8, 4) is 0 Å². The molecule has 0 unspecified atom stereocenters. The van der Waals surface area contributed by atoms with Crippen molar-refractivity contribution >= 4 is 35.5 Å². The summed E-state index contributed by atoms with van der Waals surface area (Å²) >= 11 is 2.62. The van der Waals surface area contributed by atoms with Crippen LogP contribution < -0.4 is 0 Å². The summed E-state index contributed by atoms with van der Waals surface area (Å²) in [6, 6.07) is 0. The normalized spacial score (nSPS) is 8.17. The van der Waals surface area contributed by atoms with Gasteiger partial charge < -0.3 is 10.2 Å². The lowest BCUT2D eigenvalue weighted by atomic mass is 10.8. The Kier molecular flexibility index (Phi) is 12.6. The molecule has 0 aromatic carbocycles. The predicted octanol–water partition coefficient (Wildman–Crippen LogP) is 0.868. The van der Waals surface area contributed by atoms with Crippen LogP contribution in [0, 0.1) is 0 Å². The first-order valence-corrected chi connectivity index (χ1v) is 5.74. The van der Waals surface area contributed by atoms with E-state index in [1.54, 1.807) is 12.5 Å². The lowest BCUT2D eigenvalue weighted by Gasteiger charge is -1.80. The molecule has 0 bridgehead atoms. The van der Waals surface area contributed by atoms with Crippen LogP contribution in [0.5, 0.6) is 0 Å². The fraction of sp³-hybridized carbons (Fsp3) is 0.667. The summed E-state index contributed by atoms with van der Waals surface area (Å²) in [5.41, 5.74) is 0. The van der Waals surface area contributed by atoms with E-state index in [1.807, 2.05) is 0 Å². The van der Waals surface area contributed by atoms with E-state index in [4.69, 9.17) is 10.2 Å². The molecule has 0 rings (SSSR count). The van der Waals surface area contributed by atoms with Gasteiger partial charge >= 0.3 is 11.9 Å². The summed E-state index contributed by atoms with van der Waals surface area (Å²) in [6.07, 6.45) is 3.52. The van der Waals surface area contributed by atoms with Crippen LogP contribution in [0.15, 0.2) is 0 Å². The van der Waals surface area contributed by atoms with Gasteiger partial charge in [0.2, 0.25) is 0 Å². The summed E-state index contributed by atoms with van der Waals surface area (Å²) in [5.74, 6) is -1.08. The monoisotopic (exact) mass is 212 g/mol. The van der Waals surface area contributed by atoms with Gasteiger partial charge in [-0.05, 0) is 12.5 Å². The molecule has 0 saturated carbocycles. The zero-order valence-corrected chi connectivity index (χ0v) is 8.57. The van der Waals surface area contributed by atoms with Gasteiger partial charge in [-0.2, -0.15) is 23.5 Å². The van der Waals surface area contributed by atoms with E-state index in [2.05, 4.69) is 0 Å². The summed E-state index contributed by atoms with van der Waals surface area (Å²) in [7, 11) is 0. The molecule has 0 aromatic rings. The lowest BCUT2D eigenvalue weighted by Crippen LogP contribution is -1.95. The zero-order valence-electron chi connectivity index (χ0n) is 6.94. The van der Waals surface area contributed by atoms with Gasteiger partial charge in [0.15, 0.2) is 0 Å². The third-order valence-corrected chi connectivity index (χ3v) is 1.61. The molecule has 0 saturated heterocycles. The maximum atomic E-state index is 9.58. The third-order valence-electron chi connectivity index (χ3n) is 0.536. The van der Waals surface area contributed by atoms with Gasteiger partial charge in [0.1, 0.15) is 0 Å². The van der Waals surface area contributed by atoms with Crippen LogP contribution in [0.1, 0.15) is 0 Å². The minimum atomic E-state index is -0.748. The van der Waals surface area contributed by atoms with Gasteiger partial charge in [0.25, 0.3) is 0 Å². The second-order valence-corrected chi connectivity index (χ2v) is 3.39. The molecule has 0 aliphatic carbocycles. The molecule has 0 aliphatic rings. The molecule has 0 heterocycles. The number of rotatable bonds is 4. The molecule has 4 nitrogen and oxygen atoms in total. The van der Waals surface area contributed by atoms with E-state index in [0.717, 1.165) is 0 Å². The predicted molar refractivity (Wildman–Crippen MR) is 52.0 cm³/mol. The molecule has 6 heteroatoms. The van der Waals surface area contributed by atoms with E-state index >= 15 is 0 Å². The van der Waals surface area contributed by atoms with E-state index in [1.165, 1.54) is 23.5 Å². The van der Waals surface area contributed by atoms with Gasteiger partial charge in [0, 0.05) is 0 Å². The van der Waals surface area contributed by atoms with Crippen molar-refractivity contribution in [2.24, 2.45) is 0 Å². The van der Waals surface area contributed by atoms with E-state index < -0.39 is 11.9 Å². The Morgan fingerprint density at radius 3 is 1.25 bits per heavy atom. The van der Waals surface area contributed by atoms with Gasteiger partial charge in [-0.1, -0.05) is 0 Å². The highest BCUT2D eigenvalue weighted by molar-refractivity contribution is 7.99. The lowest BCUT2D eigenvalue weighted by molar-refractivity contribution is -0.134. The summed E-state index contributed by atoms with van der Waals surface area (Å²) < 4.78 is 0. The molecule has 0 aliphatic heterocycles. The smallest absolute Gasteiger partial charge is 0.313 e. The number of hydrogen-bond donors (Lipinski definition) is 2. The summed E-state index contributed by atoms with van der Waals surface area (Å²) in [6.45, 7) is 0. The first-order valence-electron chi connectivity index (χ1n) is 2.96. The molecular formula is C6H12O4S2. The number of carbonyl (C=O) groups is 2. The standard InChI is InChI=1S/2C3H6O2S/c2*1-6-2-3(4)5/h2*2H2,1H3,(H,4,5). The van der Waals surface area contributed by atoms with Crippen molar-refractivity contribution in [3.63, 3.8) is 0 Å². The molecule has 72 valence electrons. The summed E-state index contributed by atoms with van der Waals surface area (Å²) in [4.78, 5) is 19.2. The van der Waals surface area contributed by atoms with Crippen LogP contribution in [0.2, 0.25) is 0 Å². The fourth-order valence-corrected chi connectivity index (χ4v) is 0.741. The highest BCUT2D eigenvalue weighted by Gasteiger charge is 1.88. The number of aliphatic carboxylic acids is 2. The first-order chi connectivity index (χ1) is 5.54. The second-order valence-electron chi connectivity index (χ2n) is 1.65. The minimum absolute atomic E-state index is 0.208. The average molecular weight is 212 g/mol. The van der Waals surface area contributed by atoms with Crippen LogP contribution >= 0.6 is 23.5 Å². The average Bonchev–Trinajstić information content (AvgIpc) is 1.87. The number of carboxylic acids is 2. The van der Waals surface area contributed by atoms with E-state index in [0.29, 0.717) is 0 Å². The van der Waals surface area contributed by atoms with Gasteiger partial charge in [-0.3, -0.25) is 9.59 Å². The topological polar surface area (TPSA) is 74.6 Å². The van der Waals surface area contributed by atoms with Crippen LogP contribution in [-0.4, -0.2) is 46.2 Å². The van der Waals surface area contributed by atoms with E-state index in [-0.39, 0.29) is 11.5 Å². The number of carboxylic acid groups (broad SMARTS) is 2. The highest BCUT2D eigenvalue weighted by Crippen LogP contribution is 1.87. The minimum Gasteiger partial charge on any atom is -0.481 e. The Bertz CT molecular complexity index is 122. The summed E-state index contributed by atoms with van der Waals surface area (Å²) in [5, 5.41) is 15.8. The number of thioether (sulfide) groups is 2. The maximum Gasteiger partial charge on any atom is 0.313 e. The highest BCUT2D eigenvalue weighted by atomic mass is 32.2. The molecule has 0 aromatic heterocycles. The van der Waals surface area contributed by atoms with Crippen LogP contribution in [0.3, 0.4) is 0 Å². The molecule has 0 atom stereocenters. The maximum absolute atomic E-state index is 9.58. The van der Waals surface area contributed by atoms with Crippen molar-refractivity contribution in [1.29, 1.82) is 0 Å². The van der Waals surface area contributed by atoms with Crippen molar-refractivity contribution in [2.45, 2.75) is 0 Å². The quantitative estimate of drug-likeness (QED) is 0.720. The largest absolute Gasteiger partial charge is 0.481 e. The Morgan fingerprint density at radius 1 is 1.00 bits per heavy atom. The Balaban J connectivity index is 0. The van der Waals surface area contributed by atoms with Crippen LogP contribution in [0.4, 0.5) is 0 Å². The van der Waals surface area contributed by atoms with Crippen molar-refractivity contribution in [3.05, 3.63) is 0 Å². The Morgan fingerprint density at radius 2 is 1.25 bits per heavy atom. The van der Waals surface area contributed by atoms with Gasteiger partial charge in [0.05, 0.1) is 11.5 Å². The zero-order chi connectivity index (χ0) is 9.98. The third kappa shape index (κ3) is 22.6. The molecule has 0 spiro atoms. The van der Waals surface area contributed by atoms with Crippen molar-refractivity contribution in [2.75, 3.05) is 24.0 Å². The second kappa shape index (κ2) is 10.6. The molecule has 12 heavy (non-hydrogen) atoms. The fourth-order valence-electron chi connectivity index (χ4n) is 0.247. The van der Waals surface area contributed by atoms with Crippen LogP contribution in [-0.2, 0) is 9.59 Å². The van der Waals surface area contributed by atoms with E-state index in [9.17, 15) is 9.59 Å². The van der Waals surface area contributed by atoms with Crippen molar-refractivity contribution < 1.29 is 19.8 Å². The molecule has 0 radical (unpaired) electrons. The molecule has 0 amide bonds. The SMILES string of the molecule is CSCC(=O)O.CSCC(=O)O. The van der Waals surface area contributed by atoms with Crippen molar-refractivity contribution in [1.82, 2.24) is 0 Å².